The highest BCUT2D eigenvalue weighted by molar-refractivity contribution is 4.97. The van der Waals surface area contributed by atoms with Gasteiger partial charge in [-0.25, -0.2) is 0 Å². The summed E-state index contributed by atoms with van der Waals surface area (Å²) in [5, 5.41) is 12.7. The van der Waals surface area contributed by atoms with Crippen molar-refractivity contribution in [2.24, 2.45) is 5.92 Å². The van der Waals surface area contributed by atoms with Gasteiger partial charge >= 0.3 is 0 Å². The van der Waals surface area contributed by atoms with Gasteiger partial charge in [0.2, 0.25) is 0 Å². The standard InChI is InChI=1S/C14H25N3/c1-11(2)16-13-5-3-4-6-14(13)17-8-7-12(9-15)10-17/h11-14,16H,3-8,10H2,1-2H3/t12-,13+,14+/m1/s1. The van der Waals surface area contributed by atoms with E-state index in [0.717, 1.165) is 19.5 Å². The Morgan fingerprint density at radius 1 is 1.24 bits per heavy atom. The van der Waals surface area contributed by atoms with E-state index in [9.17, 15) is 0 Å². The lowest BCUT2D eigenvalue weighted by Crippen LogP contribution is -2.52. The van der Waals surface area contributed by atoms with Crippen LogP contribution in [0.5, 0.6) is 0 Å². The summed E-state index contributed by atoms with van der Waals surface area (Å²) in [6, 6.07) is 4.30. The first-order valence-electron chi connectivity index (χ1n) is 7.10. The van der Waals surface area contributed by atoms with E-state index < -0.39 is 0 Å². The molecule has 0 spiro atoms. The minimum Gasteiger partial charge on any atom is -0.310 e. The maximum atomic E-state index is 9.00. The molecular formula is C14H25N3. The molecule has 96 valence electrons. The summed E-state index contributed by atoms with van der Waals surface area (Å²) < 4.78 is 0. The molecule has 3 nitrogen and oxygen atoms in total. The molecular weight excluding hydrogens is 210 g/mol. The minimum absolute atomic E-state index is 0.275. The fourth-order valence-electron chi connectivity index (χ4n) is 3.36. The molecule has 0 unspecified atom stereocenters. The second-order valence-electron chi connectivity index (χ2n) is 5.89. The van der Waals surface area contributed by atoms with Crippen LogP contribution in [0.1, 0.15) is 46.0 Å². The Hall–Kier alpha value is -0.590. The van der Waals surface area contributed by atoms with Crippen molar-refractivity contribution < 1.29 is 0 Å². The summed E-state index contributed by atoms with van der Waals surface area (Å²) in [4.78, 5) is 2.56. The highest BCUT2D eigenvalue weighted by Gasteiger charge is 2.34. The minimum atomic E-state index is 0.275. The molecule has 1 aliphatic heterocycles. The summed E-state index contributed by atoms with van der Waals surface area (Å²) in [6.45, 7) is 6.58. The van der Waals surface area contributed by atoms with Crippen LogP contribution in [0.4, 0.5) is 0 Å². The summed E-state index contributed by atoms with van der Waals surface area (Å²) in [5.41, 5.74) is 0. The van der Waals surface area contributed by atoms with Gasteiger partial charge in [0.1, 0.15) is 0 Å². The first-order valence-corrected chi connectivity index (χ1v) is 7.10. The molecule has 3 heteroatoms. The highest BCUT2D eigenvalue weighted by atomic mass is 15.2. The van der Waals surface area contributed by atoms with E-state index in [2.05, 4.69) is 30.1 Å². The lowest BCUT2D eigenvalue weighted by molar-refractivity contribution is 0.141. The number of nitrogens with one attached hydrogen (secondary N) is 1. The molecule has 0 aromatic rings. The predicted molar refractivity (Wildman–Crippen MR) is 69.6 cm³/mol. The monoisotopic (exact) mass is 235 g/mol. The normalized spacial score (nSPS) is 35.1. The van der Waals surface area contributed by atoms with Gasteiger partial charge in [0.25, 0.3) is 0 Å². The fourth-order valence-corrected chi connectivity index (χ4v) is 3.36. The van der Waals surface area contributed by atoms with Crippen molar-refractivity contribution in [3.63, 3.8) is 0 Å². The summed E-state index contributed by atoms with van der Waals surface area (Å²) in [5.74, 6) is 0.275. The lowest BCUT2D eigenvalue weighted by Gasteiger charge is -2.39. The Bertz CT molecular complexity index is 282. The zero-order valence-corrected chi connectivity index (χ0v) is 11.2. The van der Waals surface area contributed by atoms with Crippen LogP contribution in [0.2, 0.25) is 0 Å². The van der Waals surface area contributed by atoms with E-state index in [1.807, 2.05) is 0 Å². The predicted octanol–water partition coefficient (Wildman–Crippen LogP) is 2.14. The van der Waals surface area contributed by atoms with Crippen molar-refractivity contribution in [2.45, 2.75) is 64.1 Å². The molecule has 17 heavy (non-hydrogen) atoms. The molecule has 0 aromatic heterocycles. The average molecular weight is 235 g/mol. The molecule has 1 heterocycles. The third kappa shape index (κ3) is 3.20. The van der Waals surface area contributed by atoms with Crippen molar-refractivity contribution in [3.8, 4) is 6.07 Å². The quantitative estimate of drug-likeness (QED) is 0.814. The van der Waals surface area contributed by atoms with Crippen LogP contribution in [0.25, 0.3) is 0 Å². The topological polar surface area (TPSA) is 39.1 Å². The molecule has 1 saturated carbocycles. The van der Waals surface area contributed by atoms with Gasteiger partial charge in [0, 0.05) is 24.7 Å². The van der Waals surface area contributed by atoms with Crippen LogP contribution in [-0.2, 0) is 0 Å². The Labute approximate surface area is 105 Å². The maximum absolute atomic E-state index is 9.00. The van der Waals surface area contributed by atoms with Crippen LogP contribution in [0, 0.1) is 17.2 Å². The Balaban J connectivity index is 1.94. The van der Waals surface area contributed by atoms with Gasteiger partial charge in [0.15, 0.2) is 0 Å². The first-order chi connectivity index (χ1) is 8.20. The molecule has 0 amide bonds. The second-order valence-corrected chi connectivity index (χ2v) is 5.89. The van der Waals surface area contributed by atoms with Gasteiger partial charge in [-0.05, 0) is 25.8 Å². The van der Waals surface area contributed by atoms with Gasteiger partial charge in [-0.2, -0.15) is 5.26 Å². The SMILES string of the molecule is CC(C)N[C@H]1CCCC[C@@H]1N1CC[C@H](C#N)C1. The van der Waals surface area contributed by atoms with E-state index in [-0.39, 0.29) is 5.92 Å². The number of rotatable bonds is 3. The molecule has 2 rings (SSSR count). The largest absolute Gasteiger partial charge is 0.310 e. The first kappa shape index (κ1) is 12.9. The van der Waals surface area contributed by atoms with Crippen LogP contribution in [0.15, 0.2) is 0 Å². The van der Waals surface area contributed by atoms with E-state index in [1.165, 1.54) is 25.7 Å². The number of hydrogen-bond donors (Lipinski definition) is 1. The molecule has 2 fully saturated rings. The molecule has 0 aromatic carbocycles. The number of nitriles is 1. The van der Waals surface area contributed by atoms with E-state index in [4.69, 9.17) is 5.26 Å². The smallest absolute Gasteiger partial charge is 0.0669 e. The van der Waals surface area contributed by atoms with Crippen molar-refractivity contribution in [1.29, 1.82) is 5.26 Å². The van der Waals surface area contributed by atoms with Crippen molar-refractivity contribution in [1.82, 2.24) is 10.2 Å². The average Bonchev–Trinajstić information content (AvgIpc) is 2.77. The summed E-state index contributed by atoms with van der Waals surface area (Å²) in [7, 11) is 0. The van der Waals surface area contributed by atoms with E-state index in [1.54, 1.807) is 0 Å². The van der Waals surface area contributed by atoms with Gasteiger partial charge in [-0.15, -0.1) is 0 Å². The van der Waals surface area contributed by atoms with Crippen molar-refractivity contribution in [2.75, 3.05) is 13.1 Å². The third-order valence-electron chi connectivity index (χ3n) is 4.15. The van der Waals surface area contributed by atoms with Gasteiger partial charge in [0.05, 0.1) is 12.0 Å². The Kier molecular flexibility index (Phi) is 4.42. The summed E-state index contributed by atoms with van der Waals surface area (Å²) >= 11 is 0. The molecule has 0 bridgehead atoms. The molecule has 1 aliphatic carbocycles. The molecule has 2 aliphatic rings. The van der Waals surface area contributed by atoms with Crippen LogP contribution in [0.3, 0.4) is 0 Å². The lowest BCUT2D eigenvalue weighted by atomic mass is 9.89. The molecule has 0 radical (unpaired) electrons. The molecule has 1 N–H and O–H groups in total. The Morgan fingerprint density at radius 3 is 2.65 bits per heavy atom. The van der Waals surface area contributed by atoms with E-state index in [0.29, 0.717) is 18.1 Å². The zero-order chi connectivity index (χ0) is 12.3. The van der Waals surface area contributed by atoms with Crippen LogP contribution >= 0.6 is 0 Å². The molecule has 3 atom stereocenters. The third-order valence-corrected chi connectivity index (χ3v) is 4.15. The molecule has 1 saturated heterocycles. The van der Waals surface area contributed by atoms with Crippen LogP contribution < -0.4 is 5.32 Å². The van der Waals surface area contributed by atoms with Gasteiger partial charge < -0.3 is 5.32 Å². The number of nitrogens with zero attached hydrogens (tertiary/aromatic N) is 2. The Morgan fingerprint density at radius 2 is 2.00 bits per heavy atom. The van der Waals surface area contributed by atoms with Crippen molar-refractivity contribution >= 4 is 0 Å². The van der Waals surface area contributed by atoms with Gasteiger partial charge in [-0.3, -0.25) is 4.90 Å². The van der Waals surface area contributed by atoms with Crippen LogP contribution in [-0.4, -0.2) is 36.1 Å². The highest BCUT2D eigenvalue weighted by Crippen LogP contribution is 2.28. The van der Waals surface area contributed by atoms with Crippen molar-refractivity contribution in [3.05, 3.63) is 0 Å². The number of hydrogen-bond acceptors (Lipinski definition) is 3. The van der Waals surface area contributed by atoms with E-state index >= 15 is 0 Å². The zero-order valence-electron chi connectivity index (χ0n) is 11.2. The summed E-state index contributed by atoms with van der Waals surface area (Å²) in [6.07, 6.45) is 6.39. The second kappa shape index (κ2) is 5.84. The number of likely N-dealkylation sites (tertiary alicyclic amines) is 1. The maximum Gasteiger partial charge on any atom is 0.0669 e. The fraction of sp³-hybridized carbons (Fsp3) is 0.929. The van der Waals surface area contributed by atoms with Gasteiger partial charge in [-0.1, -0.05) is 26.7 Å².